The van der Waals surface area contributed by atoms with Gasteiger partial charge >= 0.3 is 0 Å². The molecule has 1 aromatic heterocycles. The number of carbonyl (C=O) groups is 1. The highest BCUT2D eigenvalue weighted by molar-refractivity contribution is 6.29. The zero-order valence-electron chi connectivity index (χ0n) is 8.66. The molecule has 0 aliphatic heterocycles. The van der Waals surface area contributed by atoms with Gasteiger partial charge in [-0.15, -0.1) is 0 Å². The molecule has 0 radical (unpaired) electrons. The van der Waals surface area contributed by atoms with Crippen LogP contribution in [-0.2, 0) is 0 Å². The third kappa shape index (κ3) is 4.25. The molecule has 0 bridgehead atoms. The van der Waals surface area contributed by atoms with Gasteiger partial charge in [-0.25, -0.2) is 9.97 Å². The third-order valence-electron chi connectivity index (χ3n) is 1.92. The van der Waals surface area contributed by atoms with Gasteiger partial charge in [-0.3, -0.25) is 4.79 Å². The van der Waals surface area contributed by atoms with E-state index in [-0.39, 0.29) is 11.1 Å². The Morgan fingerprint density at radius 3 is 2.80 bits per heavy atom. The minimum absolute atomic E-state index is 0.199. The number of rotatable bonds is 5. The van der Waals surface area contributed by atoms with Crippen LogP contribution in [0.2, 0.25) is 5.15 Å². The van der Waals surface area contributed by atoms with Crippen LogP contribution in [0, 0.1) is 0 Å². The molecule has 0 atom stereocenters. The van der Waals surface area contributed by atoms with Crippen LogP contribution in [-0.4, -0.2) is 22.4 Å². The normalized spacial score (nSPS) is 10.0. The van der Waals surface area contributed by atoms with Gasteiger partial charge in [0.2, 0.25) is 0 Å². The number of nitrogens with one attached hydrogen (secondary N) is 1. The van der Waals surface area contributed by atoms with E-state index in [0.717, 1.165) is 19.3 Å². The highest BCUT2D eigenvalue weighted by atomic mass is 35.5. The number of carbonyl (C=O) groups excluding carboxylic acids is 1. The van der Waals surface area contributed by atoms with Crippen LogP contribution in [0.15, 0.2) is 12.4 Å². The van der Waals surface area contributed by atoms with E-state index < -0.39 is 0 Å². The van der Waals surface area contributed by atoms with E-state index in [9.17, 15) is 4.79 Å². The Morgan fingerprint density at radius 1 is 1.40 bits per heavy atom. The second-order valence-corrected chi connectivity index (χ2v) is 3.57. The van der Waals surface area contributed by atoms with Crippen molar-refractivity contribution in [2.45, 2.75) is 26.2 Å². The van der Waals surface area contributed by atoms with E-state index in [4.69, 9.17) is 11.6 Å². The molecular formula is C10H14ClN3O. The molecule has 4 nitrogen and oxygen atoms in total. The Kier molecular flexibility index (Phi) is 5.04. The quantitative estimate of drug-likeness (QED) is 0.784. The molecule has 0 aliphatic carbocycles. The molecular weight excluding hydrogens is 214 g/mol. The lowest BCUT2D eigenvalue weighted by Crippen LogP contribution is -2.25. The van der Waals surface area contributed by atoms with E-state index in [1.807, 2.05) is 0 Å². The Morgan fingerprint density at radius 2 is 2.20 bits per heavy atom. The fourth-order valence-corrected chi connectivity index (χ4v) is 1.19. The second-order valence-electron chi connectivity index (χ2n) is 3.19. The van der Waals surface area contributed by atoms with Crippen molar-refractivity contribution in [2.24, 2.45) is 0 Å². The molecule has 1 amide bonds. The highest BCUT2D eigenvalue weighted by Gasteiger charge is 2.05. The Bertz CT molecular complexity index is 313. The predicted molar refractivity (Wildman–Crippen MR) is 58.9 cm³/mol. The number of hydrogen-bond donors (Lipinski definition) is 1. The summed E-state index contributed by atoms with van der Waals surface area (Å²) in [5.74, 6) is -0.199. The lowest BCUT2D eigenvalue weighted by Gasteiger charge is -2.03. The average Bonchev–Trinajstić information content (AvgIpc) is 2.25. The Labute approximate surface area is 94.1 Å². The molecule has 0 saturated carbocycles. The van der Waals surface area contributed by atoms with Crippen LogP contribution in [0.3, 0.4) is 0 Å². The van der Waals surface area contributed by atoms with Gasteiger partial charge in [0.25, 0.3) is 5.91 Å². The fraction of sp³-hybridized carbons (Fsp3) is 0.500. The van der Waals surface area contributed by atoms with Crippen molar-refractivity contribution in [1.29, 1.82) is 0 Å². The number of hydrogen-bond acceptors (Lipinski definition) is 3. The zero-order chi connectivity index (χ0) is 11.1. The van der Waals surface area contributed by atoms with Gasteiger partial charge in [0.1, 0.15) is 10.8 Å². The molecule has 0 aromatic carbocycles. The van der Waals surface area contributed by atoms with E-state index >= 15 is 0 Å². The first-order valence-electron chi connectivity index (χ1n) is 4.99. The van der Waals surface area contributed by atoms with Crippen LogP contribution in [0.25, 0.3) is 0 Å². The molecule has 0 aliphatic rings. The van der Waals surface area contributed by atoms with Crippen molar-refractivity contribution < 1.29 is 4.79 Å². The molecule has 1 aromatic rings. The molecule has 82 valence electrons. The molecule has 0 fully saturated rings. The summed E-state index contributed by atoms with van der Waals surface area (Å²) < 4.78 is 0. The summed E-state index contributed by atoms with van der Waals surface area (Å²) in [7, 11) is 0. The largest absolute Gasteiger partial charge is 0.351 e. The molecule has 0 unspecified atom stereocenters. The topological polar surface area (TPSA) is 54.9 Å². The van der Waals surface area contributed by atoms with E-state index in [1.165, 1.54) is 12.4 Å². The van der Waals surface area contributed by atoms with Crippen LogP contribution < -0.4 is 5.32 Å². The van der Waals surface area contributed by atoms with E-state index in [1.54, 1.807) is 0 Å². The SMILES string of the molecule is CCCCCNC(=O)c1cnc(Cl)cn1. The van der Waals surface area contributed by atoms with Crippen LogP contribution in [0.1, 0.15) is 36.7 Å². The summed E-state index contributed by atoms with van der Waals surface area (Å²) in [6.45, 7) is 2.80. The molecule has 1 rings (SSSR count). The molecule has 5 heteroatoms. The maximum Gasteiger partial charge on any atom is 0.271 e. The summed E-state index contributed by atoms with van der Waals surface area (Å²) in [4.78, 5) is 19.1. The summed E-state index contributed by atoms with van der Waals surface area (Å²) in [5, 5.41) is 3.06. The van der Waals surface area contributed by atoms with Crippen molar-refractivity contribution in [3.05, 3.63) is 23.2 Å². The van der Waals surface area contributed by atoms with Gasteiger partial charge in [0.05, 0.1) is 12.4 Å². The summed E-state index contributed by atoms with van der Waals surface area (Å²) in [6.07, 6.45) is 5.98. The number of nitrogens with zero attached hydrogens (tertiary/aromatic N) is 2. The Hall–Kier alpha value is -1.16. The predicted octanol–water partition coefficient (Wildman–Crippen LogP) is 2.05. The molecule has 1 N–H and O–H groups in total. The molecule has 0 saturated heterocycles. The first-order valence-corrected chi connectivity index (χ1v) is 5.37. The van der Waals surface area contributed by atoms with Crippen molar-refractivity contribution in [3.8, 4) is 0 Å². The lowest BCUT2D eigenvalue weighted by molar-refractivity contribution is 0.0947. The smallest absolute Gasteiger partial charge is 0.271 e. The van der Waals surface area contributed by atoms with Gasteiger partial charge in [-0.2, -0.15) is 0 Å². The maximum absolute atomic E-state index is 11.5. The third-order valence-corrected chi connectivity index (χ3v) is 2.11. The number of halogens is 1. The van der Waals surface area contributed by atoms with Gasteiger partial charge in [-0.05, 0) is 6.42 Å². The van der Waals surface area contributed by atoms with Crippen molar-refractivity contribution in [3.63, 3.8) is 0 Å². The van der Waals surface area contributed by atoms with Crippen molar-refractivity contribution in [2.75, 3.05) is 6.54 Å². The standard InChI is InChI=1S/C10H14ClN3O/c1-2-3-4-5-12-10(15)8-6-14-9(11)7-13-8/h6-7H,2-5H2,1H3,(H,12,15). The minimum Gasteiger partial charge on any atom is -0.351 e. The number of unbranched alkanes of at least 4 members (excludes halogenated alkanes) is 2. The van der Waals surface area contributed by atoms with Crippen LogP contribution >= 0.6 is 11.6 Å². The summed E-state index contributed by atoms with van der Waals surface area (Å²) >= 11 is 5.56. The summed E-state index contributed by atoms with van der Waals surface area (Å²) in [6, 6.07) is 0. The second kappa shape index (κ2) is 6.35. The van der Waals surface area contributed by atoms with Crippen molar-refractivity contribution >= 4 is 17.5 Å². The summed E-state index contributed by atoms with van der Waals surface area (Å²) in [5.41, 5.74) is 0.302. The van der Waals surface area contributed by atoms with E-state index in [2.05, 4.69) is 22.2 Å². The van der Waals surface area contributed by atoms with Gasteiger partial charge in [-0.1, -0.05) is 31.4 Å². The number of aromatic nitrogens is 2. The van der Waals surface area contributed by atoms with E-state index in [0.29, 0.717) is 12.2 Å². The van der Waals surface area contributed by atoms with Gasteiger partial charge in [0.15, 0.2) is 0 Å². The van der Waals surface area contributed by atoms with Crippen molar-refractivity contribution in [1.82, 2.24) is 15.3 Å². The van der Waals surface area contributed by atoms with Crippen LogP contribution in [0.4, 0.5) is 0 Å². The van der Waals surface area contributed by atoms with Crippen LogP contribution in [0.5, 0.6) is 0 Å². The number of amides is 1. The first-order chi connectivity index (χ1) is 7.24. The maximum atomic E-state index is 11.5. The first kappa shape index (κ1) is 11.9. The molecule has 1 heterocycles. The van der Waals surface area contributed by atoms with Gasteiger partial charge in [0, 0.05) is 6.54 Å². The molecule has 0 spiro atoms. The lowest BCUT2D eigenvalue weighted by atomic mass is 10.2. The average molecular weight is 228 g/mol. The highest BCUT2D eigenvalue weighted by Crippen LogP contribution is 2.01. The van der Waals surface area contributed by atoms with Gasteiger partial charge < -0.3 is 5.32 Å². The monoisotopic (exact) mass is 227 g/mol. The molecule has 15 heavy (non-hydrogen) atoms. The minimum atomic E-state index is -0.199. The Balaban J connectivity index is 2.37. The fourth-order valence-electron chi connectivity index (χ4n) is 1.10. The zero-order valence-corrected chi connectivity index (χ0v) is 9.42.